The Morgan fingerprint density at radius 1 is 0.933 bits per heavy atom. The van der Waals surface area contributed by atoms with E-state index in [-0.39, 0.29) is 0 Å². The molecule has 0 saturated carbocycles. The quantitative estimate of drug-likeness (QED) is 0.227. The van der Waals surface area contributed by atoms with Crippen molar-refractivity contribution in [2.24, 2.45) is 10.9 Å². The lowest BCUT2D eigenvalue weighted by Crippen LogP contribution is -1.97. The van der Waals surface area contributed by atoms with Crippen LogP contribution in [0.2, 0.25) is 5.02 Å². The van der Waals surface area contributed by atoms with Crippen LogP contribution in [0.15, 0.2) is 65.7 Å². The van der Waals surface area contributed by atoms with Crippen molar-refractivity contribution in [3.63, 3.8) is 0 Å². The molecule has 150 valence electrons. The summed E-state index contributed by atoms with van der Waals surface area (Å²) in [5.74, 6) is 7.11. The minimum Gasteiger partial charge on any atom is -0.193 e. The van der Waals surface area contributed by atoms with Gasteiger partial charge in [-0.3, -0.25) is 0 Å². The highest BCUT2D eigenvalue weighted by Gasteiger charge is 2.05. The van der Waals surface area contributed by atoms with Gasteiger partial charge in [0.25, 0.3) is 0 Å². The summed E-state index contributed by atoms with van der Waals surface area (Å²) in [6.07, 6.45) is 2.34. The van der Waals surface area contributed by atoms with Gasteiger partial charge in [-0.25, -0.2) is 0 Å². The molecule has 0 heterocycles. The third kappa shape index (κ3) is 5.68. The maximum Gasteiger partial charge on any atom is 0.0955 e. The van der Waals surface area contributed by atoms with Gasteiger partial charge in [0.1, 0.15) is 0 Å². The Morgan fingerprint density at radius 2 is 1.53 bits per heavy atom. The van der Waals surface area contributed by atoms with E-state index in [1.807, 2.05) is 19.1 Å². The number of rotatable bonds is 5. The first kappa shape index (κ1) is 22.0. The molecule has 0 aliphatic rings. The topological polar surface area (TPSA) is 12.4 Å². The van der Waals surface area contributed by atoms with Crippen LogP contribution in [0.1, 0.15) is 42.5 Å². The van der Waals surface area contributed by atoms with Gasteiger partial charge >= 0.3 is 0 Å². The summed E-state index contributed by atoms with van der Waals surface area (Å²) in [4.78, 5) is 4.01. The Labute approximate surface area is 189 Å². The molecule has 1 unspecified atom stereocenters. The first-order chi connectivity index (χ1) is 14.5. The minimum absolute atomic E-state index is 0.531. The average molecular weight is 430 g/mol. The first-order valence-electron chi connectivity index (χ1n) is 10.1. The van der Waals surface area contributed by atoms with Gasteiger partial charge in [0.05, 0.1) is 15.9 Å². The normalized spacial score (nSPS) is 11.2. The maximum absolute atomic E-state index is 6.28. The predicted octanol–water partition coefficient (Wildman–Crippen LogP) is 8.04. The number of hydrogen-bond acceptors (Lipinski definition) is 2. The van der Waals surface area contributed by atoms with Gasteiger partial charge < -0.3 is 0 Å². The molecule has 0 radical (unpaired) electrons. The van der Waals surface area contributed by atoms with Gasteiger partial charge in [-0.15, -0.1) is 0 Å². The lowest BCUT2D eigenvalue weighted by Gasteiger charge is -2.09. The number of aryl methyl sites for hydroxylation is 1. The van der Waals surface area contributed by atoms with E-state index in [1.165, 1.54) is 23.1 Å². The van der Waals surface area contributed by atoms with Crippen LogP contribution < -0.4 is 0 Å². The number of aliphatic imine (C=N–C) groups is 1. The van der Waals surface area contributed by atoms with E-state index in [0.29, 0.717) is 10.7 Å². The molecule has 0 amide bonds. The van der Waals surface area contributed by atoms with Crippen LogP contribution in [0.4, 0.5) is 5.69 Å². The molecule has 0 fully saturated rings. The molecular formula is C27H24ClNS. The zero-order valence-corrected chi connectivity index (χ0v) is 19.1. The monoisotopic (exact) mass is 429 g/mol. The molecule has 0 bridgehead atoms. The average Bonchev–Trinajstić information content (AvgIpc) is 2.75. The molecule has 3 rings (SSSR count). The van der Waals surface area contributed by atoms with Gasteiger partial charge in [0.15, 0.2) is 0 Å². The van der Waals surface area contributed by atoms with Crippen LogP contribution in [0.25, 0.3) is 11.1 Å². The molecule has 30 heavy (non-hydrogen) atoms. The number of hydrogen-bond donors (Lipinski definition) is 0. The maximum atomic E-state index is 6.28. The van der Waals surface area contributed by atoms with E-state index < -0.39 is 0 Å². The lowest BCUT2D eigenvalue weighted by molar-refractivity contribution is 0.560. The van der Waals surface area contributed by atoms with Gasteiger partial charge in [0.2, 0.25) is 0 Å². The summed E-state index contributed by atoms with van der Waals surface area (Å²) in [6, 6.07) is 21.0. The van der Waals surface area contributed by atoms with E-state index in [4.69, 9.17) is 11.6 Å². The van der Waals surface area contributed by atoms with Crippen LogP contribution in [-0.4, -0.2) is 5.16 Å². The number of isothiocyanates is 1. The summed E-state index contributed by atoms with van der Waals surface area (Å²) in [5.41, 5.74) is 7.19. The fourth-order valence-electron chi connectivity index (χ4n) is 3.27. The van der Waals surface area contributed by atoms with Crippen molar-refractivity contribution in [1.82, 2.24) is 0 Å². The third-order valence-electron chi connectivity index (χ3n) is 5.22. The number of halogens is 1. The summed E-state index contributed by atoms with van der Waals surface area (Å²) in [6.45, 7) is 6.47. The SMILES string of the molecule is CCC(C)Cc1ccc(-c2ccc(C#Cc3cc(C)c(N=C=S)c(Cl)c3)cc2)cc1. The Kier molecular flexibility index (Phi) is 7.61. The van der Waals surface area contributed by atoms with Crippen LogP contribution in [0.3, 0.4) is 0 Å². The van der Waals surface area contributed by atoms with Gasteiger partial charge in [-0.2, -0.15) is 4.99 Å². The van der Waals surface area contributed by atoms with Crippen LogP contribution in [0, 0.1) is 24.7 Å². The Hall–Kier alpha value is -2.69. The summed E-state index contributed by atoms with van der Waals surface area (Å²) in [7, 11) is 0. The minimum atomic E-state index is 0.531. The molecule has 3 heteroatoms. The molecule has 0 aromatic heterocycles. The van der Waals surface area contributed by atoms with Crippen LogP contribution in [0.5, 0.6) is 0 Å². The standard InChI is InChI=1S/C27H24ClNS/c1-4-19(2)15-22-9-13-25(14-10-22)24-11-7-21(8-12-24)5-6-23-16-20(3)27(29-18-30)26(28)17-23/h7-14,16-17,19H,4,15H2,1-3H3. The smallest absolute Gasteiger partial charge is 0.0955 e. The zero-order chi connectivity index (χ0) is 21.5. The van der Waals surface area contributed by atoms with Crippen molar-refractivity contribution >= 4 is 34.7 Å². The third-order valence-corrected chi connectivity index (χ3v) is 5.60. The molecule has 0 spiro atoms. The van der Waals surface area contributed by atoms with E-state index in [9.17, 15) is 0 Å². The van der Waals surface area contributed by atoms with Crippen molar-refractivity contribution in [3.05, 3.63) is 87.9 Å². The highest BCUT2D eigenvalue weighted by Crippen LogP contribution is 2.29. The molecule has 1 nitrogen and oxygen atoms in total. The molecule has 0 N–H and O–H groups in total. The molecule has 0 aliphatic carbocycles. The number of nitrogens with zero attached hydrogens (tertiary/aromatic N) is 1. The number of benzene rings is 3. The first-order valence-corrected chi connectivity index (χ1v) is 10.9. The number of thiocarbonyl (C=S) groups is 1. The fraction of sp³-hybridized carbons (Fsp3) is 0.222. The van der Waals surface area contributed by atoms with Crippen LogP contribution >= 0.6 is 23.8 Å². The summed E-state index contributed by atoms with van der Waals surface area (Å²) in [5, 5.41) is 2.89. The zero-order valence-electron chi connectivity index (χ0n) is 17.5. The molecule has 3 aromatic carbocycles. The van der Waals surface area contributed by atoms with Gasteiger partial charge in [-0.05, 0) is 78.0 Å². The van der Waals surface area contributed by atoms with Crippen molar-refractivity contribution in [1.29, 1.82) is 0 Å². The van der Waals surface area contributed by atoms with Gasteiger partial charge in [-0.1, -0.05) is 80.1 Å². The summed E-state index contributed by atoms with van der Waals surface area (Å²) >= 11 is 11.0. The fourth-order valence-corrected chi connectivity index (χ4v) is 3.67. The molecule has 3 aromatic rings. The highest BCUT2D eigenvalue weighted by atomic mass is 35.5. The van der Waals surface area contributed by atoms with E-state index in [0.717, 1.165) is 29.0 Å². The highest BCUT2D eigenvalue weighted by molar-refractivity contribution is 7.78. The van der Waals surface area contributed by atoms with Crippen molar-refractivity contribution < 1.29 is 0 Å². The van der Waals surface area contributed by atoms with Crippen molar-refractivity contribution in [2.45, 2.75) is 33.6 Å². The molecule has 1 atom stereocenters. The summed E-state index contributed by atoms with van der Waals surface area (Å²) < 4.78 is 0. The van der Waals surface area contributed by atoms with Crippen molar-refractivity contribution in [3.8, 4) is 23.0 Å². The molecular weight excluding hydrogens is 406 g/mol. The van der Waals surface area contributed by atoms with E-state index >= 15 is 0 Å². The Morgan fingerprint density at radius 3 is 2.10 bits per heavy atom. The predicted molar refractivity (Wildman–Crippen MR) is 132 cm³/mol. The van der Waals surface area contributed by atoms with Crippen molar-refractivity contribution in [2.75, 3.05) is 0 Å². The van der Waals surface area contributed by atoms with E-state index in [1.54, 1.807) is 0 Å². The van der Waals surface area contributed by atoms with Crippen LogP contribution in [-0.2, 0) is 6.42 Å². The Balaban J connectivity index is 1.75. The lowest BCUT2D eigenvalue weighted by atomic mass is 9.96. The second-order valence-electron chi connectivity index (χ2n) is 7.57. The van der Waals surface area contributed by atoms with E-state index in [2.05, 4.69) is 96.6 Å². The Bertz CT molecular complexity index is 1110. The molecule has 0 saturated heterocycles. The molecule has 0 aliphatic heterocycles. The second kappa shape index (κ2) is 10.4. The van der Waals surface area contributed by atoms with Gasteiger partial charge in [0, 0.05) is 11.1 Å². The second-order valence-corrected chi connectivity index (χ2v) is 8.16. The largest absolute Gasteiger partial charge is 0.193 e.